The lowest BCUT2D eigenvalue weighted by atomic mass is 10.2. The zero-order valence-electron chi connectivity index (χ0n) is 7.49. The van der Waals surface area contributed by atoms with Crippen molar-refractivity contribution in [3.05, 3.63) is 0 Å². The molecule has 0 unspecified atom stereocenters. The lowest BCUT2D eigenvalue weighted by molar-refractivity contribution is -0.0560. The molecule has 0 amide bonds. The normalized spacial score (nSPS) is 13.5. The Balaban J connectivity index is 3.60. The van der Waals surface area contributed by atoms with Crippen LogP contribution in [0.4, 0.5) is 13.2 Å². The van der Waals surface area contributed by atoms with Gasteiger partial charge in [-0.2, -0.15) is 13.2 Å². The van der Waals surface area contributed by atoms with Gasteiger partial charge in [0.2, 0.25) is 5.17 Å². The number of hydrogen-bond donors (Lipinski definition) is 0. The lowest BCUT2D eigenvalue weighted by Gasteiger charge is -2.02. The van der Waals surface area contributed by atoms with Crippen LogP contribution >= 0.6 is 11.6 Å². The van der Waals surface area contributed by atoms with Gasteiger partial charge in [-0.1, -0.05) is 37.8 Å². The molecule has 0 heterocycles. The van der Waals surface area contributed by atoms with E-state index in [2.05, 4.69) is 4.99 Å². The van der Waals surface area contributed by atoms with Gasteiger partial charge in [0.25, 0.3) is 0 Å². The molecule has 0 saturated heterocycles. The topological polar surface area (TPSA) is 12.4 Å². The van der Waals surface area contributed by atoms with Crippen molar-refractivity contribution >= 4 is 16.8 Å². The van der Waals surface area contributed by atoms with Gasteiger partial charge in [0, 0.05) is 6.54 Å². The van der Waals surface area contributed by atoms with Crippen LogP contribution < -0.4 is 0 Å². The first kappa shape index (κ1) is 12.8. The molecule has 1 nitrogen and oxygen atoms in total. The second kappa shape index (κ2) is 6.24. The second-order valence-electron chi connectivity index (χ2n) is 2.73. The van der Waals surface area contributed by atoms with Crippen LogP contribution in [0.25, 0.3) is 0 Å². The average Bonchev–Trinajstić information content (AvgIpc) is 2.02. The molecule has 5 heteroatoms. The molecular formula is C8H13ClF3N. The number of alkyl halides is 3. The fraction of sp³-hybridized carbons (Fsp3) is 0.875. The molecule has 0 bridgehead atoms. The number of rotatable bonds is 5. The van der Waals surface area contributed by atoms with E-state index < -0.39 is 11.3 Å². The largest absolute Gasteiger partial charge is 0.444 e. The molecule has 0 spiro atoms. The van der Waals surface area contributed by atoms with E-state index in [1.807, 2.05) is 6.92 Å². The van der Waals surface area contributed by atoms with Gasteiger partial charge in [0.15, 0.2) is 0 Å². The zero-order chi connectivity index (χ0) is 10.3. The number of hydrogen-bond acceptors (Lipinski definition) is 1. The first-order valence-electron chi connectivity index (χ1n) is 4.25. The molecule has 0 fully saturated rings. The highest BCUT2D eigenvalue weighted by Crippen LogP contribution is 2.19. The summed E-state index contributed by atoms with van der Waals surface area (Å²) in [7, 11) is 0. The highest BCUT2D eigenvalue weighted by atomic mass is 35.5. The monoisotopic (exact) mass is 215 g/mol. The maximum absolute atomic E-state index is 11.8. The smallest absolute Gasteiger partial charge is 0.269 e. The molecule has 0 aromatic heterocycles. The van der Waals surface area contributed by atoms with Gasteiger partial charge in [-0.05, 0) is 6.42 Å². The Morgan fingerprint density at radius 3 is 2.31 bits per heavy atom. The van der Waals surface area contributed by atoms with Gasteiger partial charge in [0.05, 0.1) is 0 Å². The van der Waals surface area contributed by atoms with Crippen LogP contribution in [0.15, 0.2) is 4.99 Å². The summed E-state index contributed by atoms with van der Waals surface area (Å²) in [6.07, 6.45) is -0.829. The van der Waals surface area contributed by atoms with Crippen LogP contribution in [-0.4, -0.2) is 17.9 Å². The van der Waals surface area contributed by atoms with Crippen molar-refractivity contribution in [1.82, 2.24) is 0 Å². The Labute approximate surface area is 81.0 Å². The maximum Gasteiger partial charge on any atom is 0.444 e. The van der Waals surface area contributed by atoms with Crippen LogP contribution in [0.1, 0.15) is 32.6 Å². The highest BCUT2D eigenvalue weighted by Gasteiger charge is 2.33. The van der Waals surface area contributed by atoms with E-state index in [-0.39, 0.29) is 6.54 Å². The van der Waals surface area contributed by atoms with Crippen LogP contribution in [0, 0.1) is 0 Å². The van der Waals surface area contributed by atoms with Gasteiger partial charge < -0.3 is 0 Å². The highest BCUT2D eigenvalue weighted by molar-refractivity contribution is 6.66. The molecule has 0 aliphatic carbocycles. The average molecular weight is 216 g/mol. The van der Waals surface area contributed by atoms with Crippen molar-refractivity contribution < 1.29 is 13.2 Å². The molecule has 0 aromatic carbocycles. The summed E-state index contributed by atoms with van der Waals surface area (Å²) in [5.41, 5.74) is 0. The minimum atomic E-state index is -4.48. The number of unbranched alkanes of at least 4 members (excludes halogenated alkanes) is 3. The van der Waals surface area contributed by atoms with E-state index >= 15 is 0 Å². The Hall–Kier alpha value is -0.250. The minimum Gasteiger partial charge on any atom is -0.269 e. The summed E-state index contributed by atoms with van der Waals surface area (Å²) in [6.45, 7) is 2.20. The SMILES string of the molecule is CCCCCCN=C(Cl)C(F)(F)F. The summed E-state index contributed by atoms with van der Waals surface area (Å²) < 4.78 is 35.3. The third kappa shape index (κ3) is 6.87. The van der Waals surface area contributed by atoms with E-state index in [1.54, 1.807) is 0 Å². The van der Waals surface area contributed by atoms with Crippen molar-refractivity contribution in [2.75, 3.05) is 6.54 Å². The van der Waals surface area contributed by atoms with Crippen LogP contribution in [-0.2, 0) is 0 Å². The lowest BCUT2D eigenvalue weighted by Crippen LogP contribution is -2.17. The van der Waals surface area contributed by atoms with Gasteiger partial charge >= 0.3 is 6.18 Å². The predicted molar refractivity (Wildman–Crippen MR) is 48.4 cm³/mol. The Morgan fingerprint density at radius 1 is 1.23 bits per heavy atom. The molecule has 0 atom stereocenters. The summed E-state index contributed by atoms with van der Waals surface area (Å²) in [4.78, 5) is 3.22. The van der Waals surface area contributed by atoms with E-state index in [1.165, 1.54) is 0 Å². The zero-order valence-corrected chi connectivity index (χ0v) is 8.25. The van der Waals surface area contributed by atoms with Crippen LogP contribution in [0.2, 0.25) is 0 Å². The molecule has 13 heavy (non-hydrogen) atoms. The molecule has 0 saturated carbocycles. The molecule has 0 aromatic rings. The summed E-state index contributed by atoms with van der Waals surface area (Å²) in [5, 5.41) is -1.25. The molecule has 0 radical (unpaired) electrons. The van der Waals surface area contributed by atoms with Crippen molar-refractivity contribution in [2.24, 2.45) is 4.99 Å². The standard InChI is InChI=1S/C8H13ClF3N/c1-2-3-4-5-6-13-7(9)8(10,11)12/h2-6H2,1H3. The van der Waals surface area contributed by atoms with Crippen molar-refractivity contribution in [2.45, 2.75) is 38.8 Å². The van der Waals surface area contributed by atoms with Gasteiger partial charge in [-0.3, -0.25) is 4.99 Å². The van der Waals surface area contributed by atoms with Gasteiger partial charge in [-0.15, -0.1) is 0 Å². The fourth-order valence-electron chi connectivity index (χ4n) is 0.805. The Kier molecular flexibility index (Phi) is 6.12. The van der Waals surface area contributed by atoms with Crippen LogP contribution in [0.3, 0.4) is 0 Å². The van der Waals surface area contributed by atoms with E-state index in [9.17, 15) is 13.2 Å². The number of halogens is 4. The predicted octanol–water partition coefficient (Wildman–Crippen LogP) is 3.77. The fourth-order valence-corrected chi connectivity index (χ4v) is 0.890. The minimum absolute atomic E-state index is 0.165. The Bertz CT molecular complexity index is 165. The third-order valence-electron chi connectivity index (χ3n) is 1.50. The molecular weight excluding hydrogens is 203 g/mol. The van der Waals surface area contributed by atoms with Gasteiger partial charge in [-0.25, -0.2) is 0 Å². The van der Waals surface area contributed by atoms with Gasteiger partial charge in [0.1, 0.15) is 0 Å². The molecule has 78 valence electrons. The summed E-state index contributed by atoms with van der Waals surface area (Å²) in [6, 6.07) is 0. The van der Waals surface area contributed by atoms with E-state index in [0.29, 0.717) is 6.42 Å². The first-order valence-corrected chi connectivity index (χ1v) is 4.63. The van der Waals surface area contributed by atoms with Crippen molar-refractivity contribution in [1.29, 1.82) is 0 Å². The third-order valence-corrected chi connectivity index (χ3v) is 1.83. The second-order valence-corrected chi connectivity index (χ2v) is 3.09. The molecule has 0 N–H and O–H groups in total. The van der Waals surface area contributed by atoms with Crippen molar-refractivity contribution in [3.8, 4) is 0 Å². The van der Waals surface area contributed by atoms with Crippen LogP contribution in [0.5, 0.6) is 0 Å². The quantitative estimate of drug-likeness (QED) is 0.489. The molecule has 0 rings (SSSR count). The van der Waals surface area contributed by atoms with E-state index in [4.69, 9.17) is 11.6 Å². The Morgan fingerprint density at radius 2 is 1.85 bits per heavy atom. The summed E-state index contributed by atoms with van der Waals surface area (Å²) in [5.74, 6) is 0. The van der Waals surface area contributed by atoms with E-state index in [0.717, 1.165) is 19.3 Å². The number of aliphatic imine (C=N–C) groups is 1. The molecule has 0 aliphatic heterocycles. The van der Waals surface area contributed by atoms with Crippen molar-refractivity contribution in [3.63, 3.8) is 0 Å². The summed E-state index contributed by atoms with van der Waals surface area (Å²) >= 11 is 4.89. The first-order chi connectivity index (χ1) is 5.98. The molecule has 0 aliphatic rings. The number of nitrogens with zero attached hydrogens (tertiary/aromatic N) is 1. The maximum atomic E-state index is 11.8.